The summed E-state index contributed by atoms with van der Waals surface area (Å²) in [6, 6.07) is 11.7. The van der Waals surface area contributed by atoms with E-state index >= 15 is 0 Å². The minimum Gasteiger partial charge on any atom is -0.343 e. The molecule has 0 aliphatic carbocycles. The lowest BCUT2D eigenvalue weighted by Crippen LogP contribution is -2.46. The number of amides is 1. The Kier molecular flexibility index (Phi) is 6.11. The van der Waals surface area contributed by atoms with Crippen molar-refractivity contribution in [1.29, 1.82) is 0 Å². The molecule has 156 valence electrons. The Bertz CT molecular complexity index is 1100. The quantitative estimate of drug-likeness (QED) is 0.774. The Morgan fingerprint density at radius 1 is 0.966 bits per heavy atom. The largest absolute Gasteiger partial charge is 0.343 e. The molecule has 1 heterocycles. The number of nitrogens with one attached hydrogen (secondary N) is 1. The van der Waals surface area contributed by atoms with Crippen molar-refractivity contribution in [3.05, 3.63) is 54.1 Å². The van der Waals surface area contributed by atoms with E-state index in [1.165, 1.54) is 37.3 Å². The summed E-state index contributed by atoms with van der Waals surface area (Å²) >= 11 is 0. The zero-order valence-electron chi connectivity index (χ0n) is 16.3. The molecule has 7 nitrogen and oxygen atoms in total. The van der Waals surface area contributed by atoms with Crippen molar-refractivity contribution >= 4 is 25.8 Å². The third kappa shape index (κ3) is 4.68. The molecule has 1 fully saturated rings. The molecule has 2 aromatic carbocycles. The van der Waals surface area contributed by atoms with Crippen molar-refractivity contribution in [3.63, 3.8) is 0 Å². The van der Waals surface area contributed by atoms with Gasteiger partial charge in [0.15, 0.2) is 0 Å². The van der Waals surface area contributed by atoms with Crippen LogP contribution in [0.3, 0.4) is 0 Å². The number of hydrogen-bond acceptors (Lipinski definition) is 5. The molecule has 1 saturated heterocycles. The normalized spacial score (nSPS) is 16.0. The average molecular weight is 437 g/mol. The van der Waals surface area contributed by atoms with Crippen LogP contribution in [-0.2, 0) is 24.7 Å². The summed E-state index contributed by atoms with van der Waals surface area (Å²) in [6.45, 7) is 4.10. The number of benzene rings is 2. The summed E-state index contributed by atoms with van der Waals surface area (Å²) in [5, 5.41) is 0. The van der Waals surface area contributed by atoms with Crippen molar-refractivity contribution in [2.24, 2.45) is 0 Å². The summed E-state index contributed by atoms with van der Waals surface area (Å²) in [7, 11) is -7.74. The molecule has 1 N–H and O–H groups in total. The molecule has 0 radical (unpaired) electrons. The molecule has 3 rings (SSSR count). The number of carbonyl (C=O) groups excluding carboxylic acids is 1. The molecule has 29 heavy (non-hydrogen) atoms. The lowest BCUT2D eigenvalue weighted by molar-refractivity contribution is -0.129. The Balaban J connectivity index is 1.87. The van der Waals surface area contributed by atoms with Crippen LogP contribution in [0.2, 0.25) is 0 Å². The van der Waals surface area contributed by atoms with Crippen molar-refractivity contribution in [3.8, 4) is 0 Å². The van der Waals surface area contributed by atoms with E-state index in [1.807, 2.05) is 0 Å². The third-order valence-corrected chi connectivity index (χ3v) is 8.50. The van der Waals surface area contributed by atoms with E-state index in [0.717, 1.165) is 0 Å². The number of hydrogen-bond donors (Lipinski definition) is 1. The predicted molar refractivity (Wildman–Crippen MR) is 109 cm³/mol. The number of sulfone groups is 1. The molecule has 1 amide bonds. The average Bonchev–Trinajstić information content (AvgIpc) is 2.68. The second kappa shape index (κ2) is 8.25. The van der Waals surface area contributed by atoms with Crippen molar-refractivity contribution in [2.45, 2.75) is 47.4 Å². The van der Waals surface area contributed by atoms with E-state index in [4.69, 9.17) is 0 Å². The van der Waals surface area contributed by atoms with Crippen molar-refractivity contribution < 1.29 is 21.6 Å². The molecule has 0 spiro atoms. The van der Waals surface area contributed by atoms with Crippen LogP contribution in [0.1, 0.15) is 25.3 Å². The van der Waals surface area contributed by atoms with Crippen LogP contribution in [0.15, 0.2) is 63.2 Å². The summed E-state index contributed by atoms with van der Waals surface area (Å²) in [6.07, 6.45) is 1.03. The zero-order valence-corrected chi connectivity index (χ0v) is 18.0. The molecule has 1 aliphatic heterocycles. The first-order valence-electron chi connectivity index (χ1n) is 9.30. The molecule has 0 aromatic heterocycles. The maximum absolute atomic E-state index is 13.0. The van der Waals surface area contributed by atoms with Crippen LogP contribution in [0, 0.1) is 6.92 Å². The van der Waals surface area contributed by atoms with Gasteiger partial charge in [-0.25, -0.2) is 21.6 Å². The highest BCUT2D eigenvalue weighted by Crippen LogP contribution is 2.26. The van der Waals surface area contributed by atoms with Gasteiger partial charge in [0.1, 0.15) is 0 Å². The highest BCUT2D eigenvalue weighted by atomic mass is 32.2. The third-order valence-electron chi connectivity index (χ3n) is 5.08. The second-order valence-electron chi connectivity index (χ2n) is 7.15. The molecule has 0 saturated carbocycles. The monoisotopic (exact) mass is 436 g/mol. The molecule has 1 aliphatic rings. The van der Waals surface area contributed by atoms with E-state index in [-0.39, 0.29) is 26.6 Å². The first-order chi connectivity index (χ1) is 13.6. The van der Waals surface area contributed by atoms with Crippen molar-refractivity contribution in [2.75, 3.05) is 13.1 Å². The maximum Gasteiger partial charge on any atom is 0.241 e. The fourth-order valence-electron chi connectivity index (χ4n) is 3.37. The van der Waals surface area contributed by atoms with Crippen LogP contribution in [-0.4, -0.2) is 46.8 Å². The standard InChI is InChI=1S/C20H24N2O5S2/c1-15-8-9-19(28(24,25)18-6-4-3-5-7-18)14-20(15)29(26,27)21-17-10-12-22(13-11-17)16(2)23/h3-9,14,17,21H,10-13H2,1-2H3. The van der Waals surface area contributed by atoms with E-state index in [2.05, 4.69) is 4.72 Å². The predicted octanol–water partition coefficient (Wildman–Crippen LogP) is 2.12. The highest BCUT2D eigenvalue weighted by Gasteiger charge is 2.28. The van der Waals surface area contributed by atoms with Gasteiger partial charge >= 0.3 is 0 Å². The van der Waals surface area contributed by atoms with E-state index in [9.17, 15) is 21.6 Å². The minimum absolute atomic E-state index is 0.0269. The molecule has 0 bridgehead atoms. The van der Waals surface area contributed by atoms with Gasteiger partial charge in [0, 0.05) is 26.1 Å². The number of carbonyl (C=O) groups is 1. The fourth-order valence-corrected chi connectivity index (χ4v) is 6.33. The summed E-state index contributed by atoms with van der Waals surface area (Å²) < 4.78 is 54.3. The lowest BCUT2D eigenvalue weighted by atomic mass is 10.1. The fraction of sp³-hybridized carbons (Fsp3) is 0.350. The van der Waals surface area contributed by atoms with Gasteiger partial charge in [-0.05, 0) is 49.6 Å². The number of rotatable bonds is 5. The molecule has 2 aromatic rings. The first-order valence-corrected chi connectivity index (χ1v) is 12.3. The number of aryl methyl sites for hydroxylation is 1. The number of likely N-dealkylation sites (tertiary alicyclic amines) is 1. The van der Waals surface area contributed by atoms with Crippen LogP contribution in [0.25, 0.3) is 0 Å². The Hall–Kier alpha value is -2.23. The molecular weight excluding hydrogens is 412 g/mol. The van der Waals surface area contributed by atoms with E-state index in [0.29, 0.717) is 31.5 Å². The molecule has 0 atom stereocenters. The van der Waals surface area contributed by atoms with Gasteiger partial charge in [-0.15, -0.1) is 0 Å². The summed E-state index contributed by atoms with van der Waals surface area (Å²) in [5.74, 6) is -0.0269. The van der Waals surface area contributed by atoms with Crippen LogP contribution >= 0.6 is 0 Å². The number of sulfonamides is 1. The summed E-state index contributed by atoms with van der Waals surface area (Å²) in [4.78, 5) is 13.1. The van der Waals surface area contributed by atoms with E-state index in [1.54, 1.807) is 30.0 Å². The first kappa shape index (κ1) is 21.5. The van der Waals surface area contributed by atoms with Gasteiger partial charge in [-0.1, -0.05) is 24.3 Å². The Morgan fingerprint density at radius 2 is 1.59 bits per heavy atom. The van der Waals surface area contributed by atoms with Gasteiger partial charge in [0.2, 0.25) is 25.8 Å². The Morgan fingerprint density at radius 3 is 2.17 bits per heavy atom. The van der Waals surface area contributed by atoms with Gasteiger partial charge in [0.25, 0.3) is 0 Å². The summed E-state index contributed by atoms with van der Waals surface area (Å²) in [5.41, 5.74) is 0.464. The zero-order chi connectivity index (χ0) is 21.2. The second-order valence-corrected chi connectivity index (χ2v) is 10.8. The van der Waals surface area contributed by atoms with E-state index < -0.39 is 19.9 Å². The topological polar surface area (TPSA) is 101 Å². The minimum atomic E-state index is -3.91. The number of piperidine rings is 1. The smallest absolute Gasteiger partial charge is 0.241 e. The Labute approximate surface area is 171 Å². The molecular formula is C20H24N2O5S2. The van der Waals surface area contributed by atoms with Crippen LogP contribution < -0.4 is 4.72 Å². The SMILES string of the molecule is CC(=O)N1CCC(NS(=O)(=O)c2cc(S(=O)(=O)c3ccccc3)ccc2C)CC1. The van der Waals surface area contributed by atoms with Crippen LogP contribution in [0.4, 0.5) is 0 Å². The van der Waals surface area contributed by atoms with Gasteiger partial charge in [-0.2, -0.15) is 0 Å². The molecule has 9 heteroatoms. The molecule has 0 unspecified atom stereocenters. The van der Waals surface area contributed by atoms with Gasteiger partial charge < -0.3 is 4.90 Å². The van der Waals surface area contributed by atoms with Crippen LogP contribution in [0.5, 0.6) is 0 Å². The lowest BCUT2D eigenvalue weighted by Gasteiger charge is -2.31. The highest BCUT2D eigenvalue weighted by molar-refractivity contribution is 7.91. The van der Waals surface area contributed by atoms with Gasteiger partial charge in [-0.3, -0.25) is 4.79 Å². The maximum atomic E-state index is 13.0. The van der Waals surface area contributed by atoms with Gasteiger partial charge in [0.05, 0.1) is 14.7 Å². The van der Waals surface area contributed by atoms with Crippen molar-refractivity contribution in [1.82, 2.24) is 9.62 Å². The number of nitrogens with zero attached hydrogens (tertiary/aromatic N) is 1.